The van der Waals surface area contributed by atoms with Gasteiger partial charge in [0.25, 0.3) is 0 Å². The maximum absolute atomic E-state index is 10.0. The van der Waals surface area contributed by atoms with Gasteiger partial charge in [0.05, 0.1) is 33.8 Å². The molecule has 519 valence electrons. The summed E-state index contributed by atoms with van der Waals surface area (Å²) in [6.07, 6.45) is 3.50. The molecule has 0 aliphatic heterocycles. The predicted octanol–water partition coefficient (Wildman–Crippen LogP) is 21.7. The van der Waals surface area contributed by atoms with Gasteiger partial charge in [0.2, 0.25) is 0 Å². The van der Waals surface area contributed by atoms with Crippen LogP contribution < -0.4 is 0 Å². The second kappa shape index (κ2) is 33.5. The van der Waals surface area contributed by atoms with Gasteiger partial charge in [0, 0.05) is 94.8 Å². The molecule has 12 aromatic rings. The second-order valence-corrected chi connectivity index (χ2v) is 26.8. The van der Waals surface area contributed by atoms with Gasteiger partial charge in [-0.1, -0.05) is 165 Å². The van der Waals surface area contributed by atoms with E-state index in [9.17, 15) is 14.4 Å². The van der Waals surface area contributed by atoms with Crippen molar-refractivity contribution in [3.63, 3.8) is 0 Å². The van der Waals surface area contributed by atoms with Gasteiger partial charge in [-0.05, 0) is 178 Å². The van der Waals surface area contributed by atoms with Gasteiger partial charge in [0.15, 0.2) is 17.3 Å². The molecule has 0 amide bonds. The van der Waals surface area contributed by atoms with E-state index in [4.69, 9.17) is 30.3 Å². The summed E-state index contributed by atoms with van der Waals surface area (Å²) in [6.45, 7) is 26.6. The van der Waals surface area contributed by atoms with Crippen molar-refractivity contribution in [1.29, 1.82) is 0 Å². The Morgan fingerprint density at radius 3 is 1.04 bits per heavy atom. The van der Waals surface area contributed by atoms with Crippen LogP contribution in [0.15, 0.2) is 242 Å². The van der Waals surface area contributed by atoms with Gasteiger partial charge >= 0.3 is 0 Å². The first kappa shape index (κ1) is 79.1. The Kier molecular flexibility index (Phi) is 26.3. The molecule has 9 aromatic carbocycles. The number of fused-ring (bicyclic) bond motifs is 12. The Morgan fingerprint density at radius 1 is 0.347 bits per heavy atom. The van der Waals surface area contributed by atoms with Gasteiger partial charge in [0.1, 0.15) is 0 Å². The molecule has 3 N–H and O–H groups in total. The molecule has 0 bridgehead atoms. The molecule has 0 saturated carbocycles. The zero-order valence-corrected chi connectivity index (χ0v) is 66.5. The summed E-state index contributed by atoms with van der Waals surface area (Å²) in [6, 6.07) is 83.0. The second-order valence-electron chi connectivity index (χ2n) is 26.8. The van der Waals surface area contributed by atoms with Crippen molar-refractivity contribution in [2.24, 2.45) is 0 Å². The number of aliphatic hydroxyl groups is 3. The maximum Gasteiger partial charge on any atom is 0.155 e. The van der Waals surface area contributed by atoms with Crippen molar-refractivity contribution in [1.82, 2.24) is 15.0 Å². The predicted molar refractivity (Wildman–Crippen MR) is 401 cm³/mol. The summed E-state index contributed by atoms with van der Waals surface area (Å²) in [7, 11) is 0. The maximum atomic E-state index is 10.0. The van der Waals surface area contributed by atoms with E-state index < -0.39 is 0 Å². The number of rotatable bonds is 6. The van der Waals surface area contributed by atoms with Crippen LogP contribution in [0.25, 0.3) is 99.9 Å². The number of aliphatic hydroxyl groups excluding tert-OH is 3. The van der Waals surface area contributed by atoms with E-state index in [1.165, 1.54) is 154 Å². The van der Waals surface area contributed by atoms with Crippen molar-refractivity contribution in [3.05, 3.63) is 304 Å². The van der Waals surface area contributed by atoms with Crippen LogP contribution >= 0.6 is 0 Å². The van der Waals surface area contributed by atoms with E-state index in [1.54, 1.807) is 0 Å². The molecule has 3 aliphatic rings. The number of hydrogen-bond acceptors (Lipinski definition) is 9. The molecule has 3 aromatic heterocycles. The number of aryl methyl sites for hydroxylation is 2. The molecule has 9 nitrogen and oxygen atoms in total. The number of benzene rings is 9. The average Bonchev–Trinajstić information content (AvgIpc) is 1.59. The van der Waals surface area contributed by atoms with Gasteiger partial charge in [-0.15, -0.1) is 107 Å². The number of allylic oxidation sites excluding steroid dienone is 6. The van der Waals surface area contributed by atoms with E-state index in [1.807, 2.05) is 36.4 Å². The molecular formula is C89H82Ir3N3O6-3. The molecule has 3 heterocycles. The van der Waals surface area contributed by atoms with Gasteiger partial charge in [-0.2, -0.15) is 0 Å². The van der Waals surface area contributed by atoms with Crippen LogP contribution in [0.2, 0.25) is 0 Å². The Labute approximate surface area is 634 Å². The monoisotopic (exact) mass is 1870 g/mol. The van der Waals surface area contributed by atoms with Crippen molar-refractivity contribution in [3.8, 4) is 67.2 Å². The number of nitrogens with zero attached hydrogens (tertiary/aromatic N) is 3. The molecule has 0 fully saturated rings. The fourth-order valence-corrected chi connectivity index (χ4v) is 13.4. The zero-order chi connectivity index (χ0) is 70.4. The van der Waals surface area contributed by atoms with Crippen LogP contribution in [0.3, 0.4) is 0 Å². The first-order chi connectivity index (χ1) is 46.6. The number of aromatic nitrogens is 3. The van der Waals surface area contributed by atoms with Crippen LogP contribution in [-0.2, 0) is 90.9 Å². The minimum atomic E-state index is -0.125. The molecule has 0 unspecified atom stereocenters. The summed E-state index contributed by atoms with van der Waals surface area (Å²) in [5, 5.41) is 28.7. The van der Waals surface area contributed by atoms with E-state index in [0.717, 1.165) is 50.3 Å². The summed E-state index contributed by atoms with van der Waals surface area (Å²) in [5.74, 6) is -0.187. The van der Waals surface area contributed by atoms with E-state index in [0.29, 0.717) is 0 Å². The van der Waals surface area contributed by atoms with Crippen LogP contribution in [0.4, 0.5) is 0 Å². The molecule has 0 atom stereocenters. The van der Waals surface area contributed by atoms with Crippen molar-refractivity contribution >= 4 is 50.1 Å². The SMILES string of the molecule is CC(=O)C=C(C)O.CC(=O)C=C(C)O.CC(=O)C=C(C)O.CC1(C)c2ccccc2-c2cc3ccc(-c4[c-]cccc4)nc3cc21.Cc1cc[c-]c(-c2ccc3cc4c(cc3n2)C(C)(C)c2ccccc2-4)c1.Cc1ccc[c-]c1-c1ccc2cc3c(cc2n1)C(C)(C)c1ccccc1-3.[Ir].[Ir].[Ir]. The van der Waals surface area contributed by atoms with Gasteiger partial charge in [-0.25, -0.2) is 0 Å². The fourth-order valence-electron chi connectivity index (χ4n) is 13.4. The smallest absolute Gasteiger partial charge is 0.155 e. The number of pyridine rings is 3. The van der Waals surface area contributed by atoms with Gasteiger partial charge < -0.3 is 15.3 Å². The minimum Gasteiger partial charge on any atom is -0.512 e. The number of ketones is 3. The molecule has 0 spiro atoms. The van der Waals surface area contributed by atoms with Crippen LogP contribution in [0, 0.1) is 32.0 Å². The van der Waals surface area contributed by atoms with Crippen molar-refractivity contribution in [2.45, 2.75) is 113 Å². The quantitative estimate of drug-likeness (QED) is 0.0840. The first-order valence-electron chi connectivity index (χ1n) is 32.8. The van der Waals surface area contributed by atoms with E-state index in [-0.39, 0.29) is 111 Å². The number of carbonyl (C=O) groups excluding carboxylic acids is 3. The summed E-state index contributed by atoms with van der Waals surface area (Å²) in [4.78, 5) is 44.9. The third-order valence-electron chi connectivity index (χ3n) is 18.0. The molecule has 15 rings (SSSR count). The Morgan fingerprint density at radius 2 is 0.693 bits per heavy atom. The number of hydrogen-bond donors (Lipinski definition) is 3. The third-order valence-corrected chi connectivity index (χ3v) is 18.0. The molecule has 3 aliphatic carbocycles. The zero-order valence-electron chi connectivity index (χ0n) is 59.3. The summed E-state index contributed by atoms with van der Waals surface area (Å²) in [5.41, 5.74) is 28.1. The fraction of sp³-hybridized carbons (Fsp3) is 0.191. The largest absolute Gasteiger partial charge is 0.512 e. The Balaban J connectivity index is 0.000000184. The molecule has 101 heavy (non-hydrogen) atoms. The Bertz CT molecular complexity index is 5090. The van der Waals surface area contributed by atoms with Crippen LogP contribution in [0.1, 0.15) is 128 Å². The molecule has 0 saturated heterocycles. The van der Waals surface area contributed by atoms with Gasteiger partial charge in [-0.3, -0.25) is 29.3 Å². The van der Waals surface area contributed by atoms with E-state index >= 15 is 0 Å². The summed E-state index contributed by atoms with van der Waals surface area (Å²) < 4.78 is 0. The molecule has 12 heteroatoms. The van der Waals surface area contributed by atoms with Crippen LogP contribution in [-0.4, -0.2) is 47.6 Å². The average molecular weight is 1870 g/mol. The van der Waals surface area contributed by atoms with Crippen molar-refractivity contribution in [2.75, 3.05) is 0 Å². The minimum absolute atomic E-state index is 0. The topological polar surface area (TPSA) is 151 Å². The van der Waals surface area contributed by atoms with Crippen molar-refractivity contribution < 1.29 is 90.0 Å². The summed E-state index contributed by atoms with van der Waals surface area (Å²) >= 11 is 0. The standard InChI is InChI=1S/2C25H20N.C24H18N.3C5H8O2.3Ir/c1-16-7-6-8-17(13-16)23-12-11-18-14-20-19-9-4-5-10-21(19)25(2,3)22(20)15-24(18)26-23;1-16-8-4-5-9-18(16)23-13-12-17-14-20-19-10-6-7-11-21(19)25(2,3)22(20)15-24(17)26-23;1-24(2)20-11-7-6-10-18(20)19-14-17-12-13-22(16-8-4-3-5-9-16)25-23(17)15-21(19)24;3*1-4(6)3-5(2)7;;;/h4-7,9-15H,1-3H3;4-8,10-15H,1-3H3;3-8,10-15H,1-2H3;3*3,6H,1-2H3;;;/q3*-1;;;;;;. The molecular weight excluding hydrogens is 1780 g/mol. The number of carbonyl (C=O) groups is 3. The van der Waals surface area contributed by atoms with E-state index in [2.05, 4.69) is 243 Å². The molecule has 3 radical (unpaired) electrons. The third kappa shape index (κ3) is 17.9. The normalized spacial score (nSPS) is 13.3. The first-order valence-corrected chi connectivity index (χ1v) is 32.8. The van der Waals surface area contributed by atoms with Crippen LogP contribution in [0.5, 0.6) is 0 Å². The Hall–Kier alpha value is -9.21.